The van der Waals surface area contributed by atoms with Crippen LogP contribution in [0.5, 0.6) is 0 Å². The Kier molecular flexibility index (Phi) is 3.41. The topological polar surface area (TPSA) is 60.8 Å². The summed E-state index contributed by atoms with van der Waals surface area (Å²) in [5, 5.41) is 19.5. The van der Waals surface area contributed by atoms with Gasteiger partial charge >= 0.3 is 12.3 Å². The highest BCUT2D eigenvalue weighted by Gasteiger charge is 2.64. The fourth-order valence-electron chi connectivity index (χ4n) is 3.35. The lowest BCUT2D eigenvalue weighted by molar-refractivity contribution is -0.160. The van der Waals surface area contributed by atoms with Crippen LogP contribution >= 0.6 is 0 Å². The second-order valence-corrected chi connectivity index (χ2v) is 6.65. The Balaban J connectivity index is 1.81. The third kappa shape index (κ3) is 2.47. The van der Waals surface area contributed by atoms with Gasteiger partial charge in [0.05, 0.1) is 11.0 Å². The van der Waals surface area contributed by atoms with Gasteiger partial charge in [0.1, 0.15) is 0 Å². The van der Waals surface area contributed by atoms with Gasteiger partial charge in [-0.15, -0.1) is 0 Å². The number of aliphatic hydroxyl groups is 1. The van der Waals surface area contributed by atoms with Gasteiger partial charge in [-0.05, 0) is 24.0 Å². The molecular weight excluding hydrogens is 311 g/mol. The molecule has 2 N–H and O–H groups in total. The fraction of sp³-hybridized carbons (Fsp3) is 0.562. The summed E-state index contributed by atoms with van der Waals surface area (Å²) in [6.45, 7) is 0. The number of hydrogen-bond acceptors (Lipinski definition) is 2. The van der Waals surface area contributed by atoms with E-state index in [0.29, 0.717) is 5.56 Å². The molecule has 0 heterocycles. The molecule has 0 unspecified atom stereocenters. The normalized spacial score (nSPS) is 28.8. The molecule has 0 aliphatic heterocycles. The second kappa shape index (κ2) is 4.87. The summed E-state index contributed by atoms with van der Waals surface area (Å²) in [7, 11) is 1.42. The Morgan fingerprint density at radius 1 is 1.26 bits per heavy atom. The first-order valence-corrected chi connectivity index (χ1v) is 7.45. The third-order valence-electron chi connectivity index (χ3n) is 5.24. The number of alkyl halides is 3. The zero-order chi connectivity index (χ0) is 17.0. The molecule has 2 saturated carbocycles. The van der Waals surface area contributed by atoms with Crippen LogP contribution in [0.3, 0.4) is 0 Å². The molecule has 0 radical (unpaired) electrons. The quantitative estimate of drug-likeness (QED) is 0.895. The van der Waals surface area contributed by atoms with Crippen LogP contribution in [0.1, 0.15) is 36.8 Å². The van der Waals surface area contributed by atoms with E-state index in [4.69, 9.17) is 5.11 Å². The smallest absolute Gasteiger partial charge is 0.407 e. The number of carbonyl (C=O) groups is 1. The predicted octanol–water partition coefficient (Wildman–Crippen LogP) is 3.24. The van der Waals surface area contributed by atoms with Crippen LogP contribution in [-0.2, 0) is 11.0 Å². The molecule has 1 aromatic rings. The van der Waals surface area contributed by atoms with Crippen LogP contribution in [0.25, 0.3) is 0 Å². The number of benzene rings is 1. The molecule has 0 spiro atoms. The van der Waals surface area contributed by atoms with Crippen molar-refractivity contribution in [1.82, 2.24) is 4.90 Å². The van der Waals surface area contributed by atoms with E-state index in [-0.39, 0.29) is 37.3 Å². The van der Waals surface area contributed by atoms with Crippen molar-refractivity contribution in [1.29, 1.82) is 0 Å². The average Bonchev–Trinajstić information content (AvgIpc) is 3.24. The predicted molar refractivity (Wildman–Crippen MR) is 76.1 cm³/mol. The van der Waals surface area contributed by atoms with E-state index < -0.39 is 23.3 Å². The maximum absolute atomic E-state index is 13.2. The Hall–Kier alpha value is -1.76. The van der Waals surface area contributed by atoms with Gasteiger partial charge in [0.25, 0.3) is 0 Å². The molecule has 0 aromatic heterocycles. The molecule has 0 atom stereocenters. The Bertz CT molecular complexity index is 634. The van der Waals surface area contributed by atoms with E-state index in [9.17, 15) is 23.1 Å². The average molecular weight is 329 g/mol. The summed E-state index contributed by atoms with van der Waals surface area (Å²) in [4.78, 5) is 12.0. The molecule has 23 heavy (non-hydrogen) atoms. The first kappa shape index (κ1) is 16.1. The second-order valence-electron chi connectivity index (χ2n) is 6.65. The summed E-state index contributed by atoms with van der Waals surface area (Å²) < 4.78 is 39.7. The maximum atomic E-state index is 13.2. The largest absolute Gasteiger partial charge is 0.465 e. The van der Waals surface area contributed by atoms with E-state index in [2.05, 4.69) is 0 Å². The van der Waals surface area contributed by atoms with Crippen LogP contribution < -0.4 is 0 Å². The zero-order valence-electron chi connectivity index (χ0n) is 12.6. The van der Waals surface area contributed by atoms with Crippen molar-refractivity contribution in [2.24, 2.45) is 0 Å². The van der Waals surface area contributed by atoms with Gasteiger partial charge in [-0.2, -0.15) is 13.2 Å². The standard InChI is InChI=1S/C16H18F3NO3/c1-20(13(21)22)12-8-15(23,9-12)11-4-2-3-10(7-11)14(5-6-14)16(17,18)19/h2-4,7,12,23H,5-6,8-9H2,1H3,(H,21,22). The van der Waals surface area contributed by atoms with Crippen LogP contribution in [0, 0.1) is 0 Å². The van der Waals surface area contributed by atoms with Crippen LogP contribution in [0.4, 0.5) is 18.0 Å². The van der Waals surface area contributed by atoms with Crippen LogP contribution in [0.15, 0.2) is 24.3 Å². The summed E-state index contributed by atoms with van der Waals surface area (Å²) >= 11 is 0. The Labute approximate surface area is 131 Å². The summed E-state index contributed by atoms with van der Waals surface area (Å²) in [5.41, 5.74) is -2.42. The molecule has 1 amide bonds. The molecule has 2 aliphatic rings. The molecule has 3 rings (SSSR count). The molecule has 2 fully saturated rings. The fourth-order valence-corrected chi connectivity index (χ4v) is 3.35. The highest BCUT2D eigenvalue weighted by atomic mass is 19.4. The molecule has 126 valence electrons. The summed E-state index contributed by atoms with van der Waals surface area (Å²) in [5.74, 6) is 0. The SMILES string of the molecule is CN(C(=O)O)C1CC(O)(c2cccc(C3(C(F)(F)F)CC3)c2)C1. The van der Waals surface area contributed by atoms with E-state index in [1.54, 1.807) is 6.07 Å². The van der Waals surface area contributed by atoms with Gasteiger partial charge in [-0.25, -0.2) is 4.79 Å². The number of halogens is 3. The summed E-state index contributed by atoms with van der Waals surface area (Å²) in [6, 6.07) is 5.69. The van der Waals surface area contributed by atoms with E-state index in [0.717, 1.165) is 4.90 Å². The van der Waals surface area contributed by atoms with Crippen molar-refractivity contribution in [3.05, 3.63) is 35.4 Å². The molecule has 2 aliphatic carbocycles. The number of nitrogens with zero attached hydrogens (tertiary/aromatic N) is 1. The lowest BCUT2D eigenvalue weighted by Gasteiger charge is -2.47. The number of rotatable bonds is 3. The molecule has 0 saturated heterocycles. The molecule has 4 nitrogen and oxygen atoms in total. The first-order chi connectivity index (χ1) is 10.6. The van der Waals surface area contributed by atoms with Crippen molar-refractivity contribution < 1.29 is 28.2 Å². The third-order valence-corrected chi connectivity index (χ3v) is 5.24. The highest BCUT2D eigenvalue weighted by molar-refractivity contribution is 5.65. The maximum Gasteiger partial charge on any atom is 0.407 e. The van der Waals surface area contributed by atoms with Crippen LogP contribution in [-0.4, -0.2) is 40.5 Å². The lowest BCUT2D eigenvalue weighted by atomic mass is 9.70. The highest BCUT2D eigenvalue weighted by Crippen LogP contribution is 2.59. The monoisotopic (exact) mass is 329 g/mol. The minimum absolute atomic E-state index is 0.0722. The van der Waals surface area contributed by atoms with Crippen molar-refractivity contribution in [2.75, 3.05) is 7.05 Å². The van der Waals surface area contributed by atoms with Gasteiger partial charge in [0, 0.05) is 25.9 Å². The van der Waals surface area contributed by atoms with Crippen molar-refractivity contribution in [3.63, 3.8) is 0 Å². The minimum Gasteiger partial charge on any atom is -0.465 e. The molecule has 1 aromatic carbocycles. The van der Waals surface area contributed by atoms with Crippen molar-refractivity contribution >= 4 is 6.09 Å². The van der Waals surface area contributed by atoms with Crippen LogP contribution in [0.2, 0.25) is 0 Å². The minimum atomic E-state index is -4.29. The van der Waals surface area contributed by atoms with E-state index >= 15 is 0 Å². The van der Waals surface area contributed by atoms with Gasteiger partial charge in [0.15, 0.2) is 0 Å². The van der Waals surface area contributed by atoms with Gasteiger partial charge in [-0.3, -0.25) is 0 Å². The van der Waals surface area contributed by atoms with Gasteiger partial charge in [0.2, 0.25) is 0 Å². The van der Waals surface area contributed by atoms with Crippen molar-refractivity contribution in [3.8, 4) is 0 Å². The Morgan fingerprint density at radius 3 is 2.30 bits per heavy atom. The lowest BCUT2D eigenvalue weighted by Crippen LogP contribution is -2.53. The number of hydrogen-bond donors (Lipinski definition) is 2. The molecule has 7 heteroatoms. The van der Waals surface area contributed by atoms with Crippen molar-refractivity contribution in [2.45, 2.75) is 48.9 Å². The number of amides is 1. The Morgan fingerprint density at radius 2 is 1.83 bits per heavy atom. The molecular formula is C16H18F3NO3. The first-order valence-electron chi connectivity index (χ1n) is 7.45. The van der Waals surface area contributed by atoms with Gasteiger partial charge in [-0.1, -0.05) is 24.3 Å². The van der Waals surface area contributed by atoms with E-state index in [1.165, 1.54) is 25.2 Å². The van der Waals surface area contributed by atoms with E-state index in [1.807, 2.05) is 0 Å². The zero-order valence-corrected chi connectivity index (χ0v) is 12.6. The number of carboxylic acid groups (broad SMARTS) is 1. The van der Waals surface area contributed by atoms with Gasteiger partial charge < -0.3 is 15.1 Å². The molecule has 0 bridgehead atoms. The summed E-state index contributed by atoms with van der Waals surface area (Å²) in [6.07, 6.45) is -4.85.